The van der Waals surface area contributed by atoms with Gasteiger partial charge in [0.05, 0.1) is 0 Å². The molecule has 0 fully saturated rings. The predicted octanol–water partition coefficient (Wildman–Crippen LogP) is 8.30. The van der Waals surface area contributed by atoms with E-state index in [1.54, 1.807) is 0 Å². The van der Waals surface area contributed by atoms with E-state index in [0.29, 0.717) is 12.2 Å². The van der Waals surface area contributed by atoms with Gasteiger partial charge >= 0.3 is 0 Å². The standard InChI is InChI=1S/C17H25IO.C6H5I/c1-2-3-4-5-6-7-8-9-10-17(19)15-11-13-16(18)14-12-15;7-6-4-2-1-3-5-6/h11-14H,2-10H2,1H3;1-5H. The third kappa shape index (κ3) is 12.0. The lowest BCUT2D eigenvalue weighted by Crippen LogP contribution is -1.98. The van der Waals surface area contributed by atoms with Crippen molar-refractivity contribution in [2.75, 3.05) is 0 Å². The zero-order valence-corrected chi connectivity index (χ0v) is 20.0. The van der Waals surface area contributed by atoms with E-state index in [2.05, 4.69) is 64.2 Å². The van der Waals surface area contributed by atoms with Crippen molar-refractivity contribution in [3.8, 4) is 0 Å². The van der Waals surface area contributed by atoms with Crippen LogP contribution < -0.4 is 0 Å². The van der Waals surface area contributed by atoms with Gasteiger partial charge in [0.2, 0.25) is 0 Å². The fourth-order valence-corrected chi connectivity index (χ4v) is 3.39. The Morgan fingerprint density at radius 1 is 0.692 bits per heavy atom. The van der Waals surface area contributed by atoms with E-state index >= 15 is 0 Å². The molecule has 2 aromatic rings. The van der Waals surface area contributed by atoms with Crippen LogP contribution in [0.1, 0.15) is 75.1 Å². The first-order valence-corrected chi connectivity index (χ1v) is 11.8. The van der Waals surface area contributed by atoms with E-state index in [9.17, 15) is 4.79 Å². The van der Waals surface area contributed by atoms with Crippen LogP contribution in [-0.2, 0) is 0 Å². The molecule has 0 N–H and O–H groups in total. The van der Waals surface area contributed by atoms with Gasteiger partial charge in [-0.1, -0.05) is 82.2 Å². The van der Waals surface area contributed by atoms with Crippen LogP contribution in [0.2, 0.25) is 0 Å². The Morgan fingerprint density at radius 2 is 1.19 bits per heavy atom. The summed E-state index contributed by atoms with van der Waals surface area (Å²) in [5, 5.41) is 0. The lowest BCUT2D eigenvalue weighted by atomic mass is 10.0. The minimum Gasteiger partial charge on any atom is -0.294 e. The smallest absolute Gasteiger partial charge is 0.162 e. The molecule has 1 nitrogen and oxygen atoms in total. The van der Waals surface area contributed by atoms with Crippen LogP contribution in [0.5, 0.6) is 0 Å². The molecule has 0 unspecified atom stereocenters. The molecule has 0 amide bonds. The molecule has 0 heterocycles. The van der Waals surface area contributed by atoms with Gasteiger partial charge in [0.15, 0.2) is 5.78 Å². The van der Waals surface area contributed by atoms with Crippen molar-refractivity contribution in [3.05, 3.63) is 67.3 Å². The topological polar surface area (TPSA) is 17.1 Å². The molecule has 0 spiro atoms. The van der Waals surface area contributed by atoms with E-state index < -0.39 is 0 Å². The summed E-state index contributed by atoms with van der Waals surface area (Å²) < 4.78 is 2.47. The molecular weight excluding hydrogens is 546 g/mol. The number of unbranched alkanes of at least 4 members (excludes halogenated alkanes) is 7. The van der Waals surface area contributed by atoms with Gasteiger partial charge in [0.25, 0.3) is 0 Å². The Hall–Kier alpha value is -0.430. The molecule has 0 aliphatic carbocycles. The molecule has 0 aliphatic rings. The van der Waals surface area contributed by atoms with E-state index in [1.807, 2.05) is 42.5 Å². The zero-order valence-electron chi connectivity index (χ0n) is 15.7. The van der Waals surface area contributed by atoms with Crippen LogP contribution in [0.3, 0.4) is 0 Å². The third-order valence-electron chi connectivity index (χ3n) is 4.16. The van der Waals surface area contributed by atoms with Crippen LogP contribution in [0.15, 0.2) is 54.6 Å². The average Bonchev–Trinajstić information content (AvgIpc) is 2.65. The number of halogens is 2. The summed E-state index contributed by atoms with van der Waals surface area (Å²) >= 11 is 4.54. The minimum atomic E-state index is 0.294. The Labute approximate surface area is 186 Å². The van der Waals surface area contributed by atoms with Gasteiger partial charge in [-0.15, -0.1) is 0 Å². The number of carbonyl (C=O) groups excluding carboxylic acids is 1. The molecular formula is C23H30I2O. The molecule has 0 saturated heterocycles. The summed E-state index contributed by atoms with van der Waals surface area (Å²) in [6, 6.07) is 18.1. The maximum absolute atomic E-state index is 11.9. The average molecular weight is 576 g/mol. The van der Waals surface area contributed by atoms with E-state index in [1.165, 1.54) is 52.1 Å². The quantitative estimate of drug-likeness (QED) is 0.158. The summed E-state index contributed by atoms with van der Waals surface area (Å²) in [6.45, 7) is 2.25. The number of rotatable bonds is 10. The molecule has 0 bridgehead atoms. The van der Waals surface area contributed by atoms with Crippen LogP contribution >= 0.6 is 45.2 Å². The first-order valence-electron chi connectivity index (χ1n) is 9.62. The maximum Gasteiger partial charge on any atom is 0.162 e. The highest BCUT2D eigenvalue weighted by Gasteiger charge is 2.04. The summed E-state index contributed by atoms with van der Waals surface area (Å²) in [5.41, 5.74) is 0.864. The fraction of sp³-hybridized carbons (Fsp3) is 0.435. The molecule has 2 rings (SSSR count). The summed E-state index contributed by atoms with van der Waals surface area (Å²) in [6.07, 6.45) is 11.0. The van der Waals surface area contributed by atoms with Crippen molar-refractivity contribution in [1.82, 2.24) is 0 Å². The normalized spacial score (nSPS) is 10.1. The number of ketones is 1. The van der Waals surface area contributed by atoms with Gasteiger partial charge in [-0.05, 0) is 75.9 Å². The highest BCUT2D eigenvalue weighted by Crippen LogP contribution is 2.13. The van der Waals surface area contributed by atoms with E-state index in [-0.39, 0.29) is 0 Å². The van der Waals surface area contributed by atoms with Gasteiger partial charge < -0.3 is 0 Å². The van der Waals surface area contributed by atoms with E-state index in [4.69, 9.17) is 0 Å². The number of Topliss-reactive ketones (excluding diaryl/α,β-unsaturated/α-hetero) is 1. The number of benzene rings is 2. The van der Waals surface area contributed by atoms with Crippen LogP contribution in [0, 0.1) is 7.14 Å². The molecule has 26 heavy (non-hydrogen) atoms. The maximum atomic E-state index is 11.9. The largest absolute Gasteiger partial charge is 0.294 e. The van der Waals surface area contributed by atoms with Gasteiger partial charge in [0.1, 0.15) is 0 Å². The van der Waals surface area contributed by atoms with Crippen LogP contribution in [0.4, 0.5) is 0 Å². The summed E-state index contributed by atoms with van der Waals surface area (Å²) in [7, 11) is 0. The summed E-state index contributed by atoms with van der Waals surface area (Å²) in [5.74, 6) is 0.294. The van der Waals surface area contributed by atoms with Crippen LogP contribution in [-0.4, -0.2) is 5.78 Å². The van der Waals surface area contributed by atoms with Gasteiger partial charge in [-0.2, -0.15) is 0 Å². The van der Waals surface area contributed by atoms with Crippen molar-refractivity contribution in [2.45, 2.75) is 64.7 Å². The van der Waals surface area contributed by atoms with Crippen molar-refractivity contribution < 1.29 is 4.79 Å². The van der Waals surface area contributed by atoms with Crippen molar-refractivity contribution in [2.24, 2.45) is 0 Å². The highest BCUT2D eigenvalue weighted by molar-refractivity contribution is 14.1. The van der Waals surface area contributed by atoms with Crippen molar-refractivity contribution in [1.29, 1.82) is 0 Å². The second-order valence-corrected chi connectivity index (χ2v) is 8.94. The molecule has 142 valence electrons. The number of hydrogen-bond acceptors (Lipinski definition) is 1. The first kappa shape index (κ1) is 23.6. The second-order valence-electron chi connectivity index (χ2n) is 6.45. The molecule has 3 heteroatoms. The summed E-state index contributed by atoms with van der Waals surface area (Å²) in [4.78, 5) is 11.9. The number of hydrogen-bond donors (Lipinski definition) is 0. The van der Waals surface area contributed by atoms with Gasteiger partial charge in [0, 0.05) is 19.1 Å². The monoisotopic (exact) mass is 576 g/mol. The molecule has 2 aromatic carbocycles. The van der Waals surface area contributed by atoms with Crippen LogP contribution in [0.25, 0.3) is 0 Å². The lowest BCUT2D eigenvalue weighted by Gasteiger charge is -2.02. The second kappa shape index (κ2) is 15.6. The first-order chi connectivity index (χ1) is 12.6. The molecule has 0 saturated carbocycles. The van der Waals surface area contributed by atoms with Gasteiger partial charge in [-0.3, -0.25) is 4.79 Å². The lowest BCUT2D eigenvalue weighted by molar-refractivity contribution is 0.0979. The van der Waals surface area contributed by atoms with Crippen molar-refractivity contribution >= 4 is 51.0 Å². The zero-order chi connectivity index (χ0) is 19.0. The Morgan fingerprint density at radius 3 is 1.69 bits per heavy atom. The SMILES string of the molecule is CCCCCCCCCCC(=O)c1ccc(I)cc1.Ic1ccccc1. The van der Waals surface area contributed by atoms with Crippen molar-refractivity contribution in [3.63, 3.8) is 0 Å². The molecule has 0 radical (unpaired) electrons. The Balaban J connectivity index is 0.000000401. The predicted molar refractivity (Wildman–Crippen MR) is 130 cm³/mol. The Bertz CT molecular complexity index is 593. The van der Waals surface area contributed by atoms with Gasteiger partial charge in [-0.25, -0.2) is 0 Å². The Kier molecular flexibility index (Phi) is 14.2. The molecule has 0 aliphatic heterocycles. The van der Waals surface area contributed by atoms with E-state index in [0.717, 1.165) is 12.0 Å². The third-order valence-corrected chi connectivity index (χ3v) is 5.60. The minimum absolute atomic E-state index is 0.294. The fourth-order valence-electron chi connectivity index (χ4n) is 2.61. The highest BCUT2D eigenvalue weighted by atomic mass is 127. The number of carbonyl (C=O) groups is 1. The molecule has 0 atom stereocenters. The molecule has 0 aromatic heterocycles.